The van der Waals surface area contributed by atoms with Crippen LogP contribution in [0.25, 0.3) is 10.2 Å². The van der Waals surface area contributed by atoms with Crippen molar-refractivity contribution in [3.63, 3.8) is 0 Å². The van der Waals surface area contributed by atoms with Crippen molar-refractivity contribution in [1.82, 2.24) is 4.98 Å². The molecule has 0 unspecified atom stereocenters. The minimum absolute atomic E-state index is 0.198. The van der Waals surface area contributed by atoms with Crippen LogP contribution in [0.4, 0.5) is 5.13 Å². The molecule has 32 heavy (non-hydrogen) atoms. The summed E-state index contributed by atoms with van der Waals surface area (Å²) in [5, 5.41) is 1.85. The first-order valence-electron chi connectivity index (χ1n) is 11.2. The molecule has 7 heteroatoms. The zero-order valence-corrected chi connectivity index (χ0v) is 20.2. The zero-order chi connectivity index (χ0) is 22.5. The molecule has 4 rings (SSSR count). The van der Waals surface area contributed by atoms with E-state index in [1.165, 1.54) is 0 Å². The number of hydrogen-bond donors (Lipinski definition) is 0. The summed E-state index contributed by atoms with van der Waals surface area (Å²) in [6, 6.07) is 11.8. The van der Waals surface area contributed by atoms with Gasteiger partial charge in [-0.25, -0.2) is 4.98 Å². The fourth-order valence-electron chi connectivity index (χ4n) is 4.15. The number of hydrogen-bond acceptors (Lipinski definition) is 6. The number of ether oxygens (including phenoxy) is 2. The van der Waals surface area contributed by atoms with E-state index in [9.17, 15) is 4.79 Å². The molecule has 1 aromatic heterocycles. The zero-order valence-electron chi connectivity index (χ0n) is 18.6. The van der Waals surface area contributed by atoms with E-state index < -0.39 is 0 Å². The SMILES string of the molecule is CCOC(=O)Cc1cccc(OCCC2CCN(c3nc4ccc(Cl)cc4s3)CC2)c1C. The molecule has 0 aliphatic carbocycles. The molecule has 2 heterocycles. The average Bonchev–Trinajstić information content (AvgIpc) is 3.20. The van der Waals surface area contributed by atoms with Gasteiger partial charge in [-0.1, -0.05) is 35.1 Å². The standard InChI is InChI=1S/C25H29ClN2O3S/c1-3-30-24(29)15-19-5-4-6-22(17(19)2)31-14-11-18-9-12-28(13-10-18)25-27-21-8-7-20(26)16-23(21)32-25/h4-8,16,18H,3,9-15H2,1-2H3. The van der Waals surface area contributed by atoms with E-state index in [0.717, 1.165) is 69.6 Å². The van der Waals surface area contributed by atoms with E-state index in [4.69, 9.17) is 26.1 Å². The molecule has 0 spiro atoms. The highest BCUT2D eigenvalue weighted by Crippen LogP contribution is 2.33. The van der Waals surface area contributed by atoms with Gasteiger partial charge in [0.15, 0.2) is 5.13 Å². The van der Waals surface area contributed by atoms with Crippen molar-refractivity contribution in [2.24, 2.45) is 5.92 Å². The summed E-state index contributed by atoms with van der Waals surface area (Å²) in [6.45, 7) is 6.96. The molecule has 0 amide bonds. The molecular formula is C25H29ClN2O3S. The summed E-state index contributed by atoms with van der Waals surface area (Å²) < 4.78 is 12.3. The lowest BCUT2D eigenvalue weighted by molar-refractivity contribution is -0.142. The maximum atomic E-state index is 11.8. The second kappa shape index (κ2) is 10.5. The molecule has 1 saturated heterocycles. The summed E-state index contributed by atoms with van der Waals surface area (Å²) in [6.07, 6.45) is 3.60. The molecule has 0 N–H and O–H groups in total. The Balaban J connectivity index is 1.26. The van der Waals surface area contributed by atoms with E-state index in [-0.39, 0.29) is 12.4 Å². The summed E-state index contributed by atoms with van der Waals surface area (Å²) in [5.74, 6) is 1.31. The molecule has 2 aromatic carbocycles. The van der Waals surface area contributed by atoms with Crippen LogP contribution in [0, 0.1) is 12.8 Å². The molecule has 1 aliphatic rings. The van der Waals surface area contributed by atoms with Gasteiger partial charge < -0.3 is 14.4 Å². The molecule has 0 radical (unpaired) electrons. The number of fused-ring (bicyclic) bond motifs is 1. The number of aromatic nitrogens is 1. The van der Waals surface area contributed by atoms with Gasteiger partial charge in [0.05, 0.1) is 29.9 Å². The highest BCUT2D eigenvalue weighted by Gasteiger charge is 2.22. The van der Waals surface area contributed by atoms with Crippen LogP contribution in [0.1, 0.15) is 37.3 Å². The van der Waals surface area contributed by atoms with Crippen LogP contribution in [0.2, 0.25) is 5.02 Å². The van der Waals surface area contributed by atoms with Crippen LogP contribution >= 0.6 is 22.9 Å². The van der Waals surface area contributed by atoms with E-state index in [0.29, 0.717) is 19.1 Å². The van der Waals surface area contributed by atoms with Gasteiger partial charge in [-0.15, -0.1) is 0 Å². The van der Waals surface area contributed by atoms with Crippen molar-refractivity contribution in [3.8, 4) is 5.75 Å². The Labute approximate surface area is 198 Å². The third-order valence-electron chi connectivity index (χ3n) is 6.04. The fraction of sp³-hybridized carbons (Fsp3) is 0.440. The van der Waals surface area contributed by atoms with Crippen molar-refractivity contribution >= 4 is 44.3 Å². The quantitative estimate of drug-likeness (QED) is 0.373. The van der Waals surface area contributed by atoms with Crippen LogP contribution in [0.5, 0.6) is 5.75 Å². The lowest BCUT2D eigenvalue weighted by Gasteiger charge is -2.31. The van der Waals surface area contributed by atoms with Crippen LogP contribution in [0.15, 0.2) is 36.4 Å². The highest BCUT2D eigenvalue weighted by atomic mass is 35.5. The predicted octanol–water partition coefficient (Wildman–Crippen LogP) is 6.05. The van der Waals surface area contributed by atoms with Gasteiger partial charge in [0, 0.05) is 18.1 Å². The van der Waals surface area contributed by atoms with Crippen molar-refractivity contribution < 1.29 is 14.3 Å². The van der Waals surface area contributed by atoms with E-state index in [2.05, 4.69) is 4.90 Å². The topological polar surface area (TPSA) is 51.7 Å². The average molecular weight is 473 g/mol. The number of thiazole rings is 1. The Morgan fingerprint density at radius 3 is 2.84 bits per heavy atom. The first-order valence-corrected chi connectivity index (χ1v) is 12.4. The van der Waals surface area contributed by atoms with E-state index in [1.807, 2.05) is 50.2 Å². The Bertz CT molecular complexity index is 1080. The van der Waals surface area contributed by atoms with Gasteiger partial charge in [0.2, 0.25) is 0 Å². The van der Waals surface area contributed by atoms with Crippen LogP contribution < -0.4 is 9.64 Å². The van der Waals surface area contributed by atoms with Gasteiger partial charge in [0.1, 0.15) is 5.75 Å². The van der Waals surface area contributed by atoms with Gasteiger partial charge in [-0.3, -0.25) is 4.79 Å². The lowest BCUT2D eigenvalue weighted by atomic mass is 9.94. The summed E-state index contributed by atoms with van der Waals surface area (Å²) in [5.41, 5.74) is 3.00. The monoisotopic (exact) mass is 472 g/mol. The number of esters is 1. The largest absolute Gasteiger partial charge is 0.493 e. The van der Waals surface area contributed by atoms with E-state index in [1.54, 1.807) is 11.3 Å². The fourth-order valence-corrected chi connectivity index (χ4v) is 5.44. The van der Waals surface area contributed by atoms with Gasteiger partial charge in [0.25, 0.3) is 0 Å². The number of carbonyl (C=O) groups excluding carboxylic acids is 1. The van der Waals surface area contributed by atoms with Crippen LogP contribution in [0.3, 0.4) is 0 Å². The number of halogens is 1. The molecule has 3 aromatic rings. The Morgan fingerprint density at radius 2 is 2.06 bits per heavy atom. The van der Waals surface area contributed by atoms with Gasteiger partial charge in [-0.2, -0.15) is 0 Å². The molecule has 0 saturated carbocycles. The van der Waals surface area contributed by atoms with Crippen molar-refractivity contribution in [2.45, 2.75) is 39.5 Å². The van der Waals surface area contributed by atoms with Crippen LogP contribution in [-0.4, -0.2) is 37.3 Å². The maximum Gasteiger partial charge on any atom is 0.310 e. The molecule has 0 atom stereocenters. The predicted molar refractivity (Wildman–Crippen MR) is 131 cm³/mol. The van der Waals surface area contributed by atoms with Crippen molar-refractivity contribution in [1.29, 1.82) is 0 Å². The number of carbonyl (C=O) groups is 1. The summed E-state index contributed by atoms with van der Waals surface area (Å²) in [7, 11) is 0. The normalized spacial score (nSPS) is 14.7. The number of piperidine rings is 1. The van der Waals surface area contributed by atoms with Gasteiger partial charge in [-0.05, 0) is 74.4 Å². The Kier molecular flexibility index (Phi) is 7.53. The molecule has 1 fully saturated rings. The summed E-state index contributed by atoms with van der Waals surface area (Å²) >= 11 is 7.83. The molecule has 170 valence electrons. The first kappa shape index (κ1) is 22.9. The van der Waals surface area contributed by atoms with E-state index >= 15 is 0 Å². The smallest absolute Gasteiger partial charge is 0.310 e. The first-order chi connectivity index (χ1) is 15.5. The van der Waals surface area contributed by atoms with Gasteiger partial charge >= 0.3 is 5.97 Å². The lowest BCUT2D eigenvalue weighted by Crippen LogP contribution is -2.34. The minimum Gasteiger partial charge on any atom is -0.493 e. The Morgan fingerprint density at radius 1 is 1.25 bits per heavy atom. The highest BCUT2D eigenvalue weighted by molar-refractivity contribution is 7.22. The number of anilines is 1. The van der Waals surface area contributed by atoms with Crippen LogP contribution in [-0.2, 0) is 16.0 Å². The second-order valence-corrected chi connectivity index (χ2v) is 9.64. The minimum atomic E-state index is -0.198. The third-order valence-corrected chi connectivity index (χ3v) is 7.36. The third kappa shape index (κ3) is 5.54. The number of benzene rings is 2. The number of rotatable bonds is 8. The summed E-state index contributed by atoms with van der Waals surface area (Å²) in [4.78, 5) is 19.0. The molecule has 1 aliphatic heterocycles. The number of nitrogens with zero attached hydrogens (tertiary/aromatic N) is 2. The molecule has 0 bridgehead atoms. The Hall–Kier alpha value is -2.31. The van der Waals surface area contributed by atoms with Crippen molar-refractivity contribution in [3.05, 3.63) is 52.5 Å². The van der Waals surface area contributed by atoms with Crippen molar-refractivity contribution in [2.75, 3.05) is 31.2 Å². The molecule has 5 nitrogen and oxygen atoms in total. The maximum absolute atomic E-state index is 11.8. The molecular weight excluding hydrogens is 444 g/mol. The second-order valence-electron chi connectivity index (χ2n) is 8.20.